The fourth-order valence-corrected chi connectivity index (χ4v) is 7.18. The third-order valence-corrected chi connectivity index (χ3v) is 7.95. The highest BCUT2D eigenvalue weighted by molar-refractivity contribution is 5.85. The van der Waals surface area contributed by atoms with Crippen molar-refractivity contribution >= 4 is 11.8 Å². The third kappa shape index (κ3) is 3.65. The van der Waals surface area contributed by atoms with Crippen molar-refractivity contribution in [1.29, 1.82) is 0 Å². The summed E-state index contributed by atoms with van der Waals surface area (Å²) in [7, 11) is 3.65. The van der Waals surface area contributed by atoms with Crippen molar-refractivity contribution in [1.82, 2.24) is 4.90 Å². The zero-order valence-electron chi connectivity index (χ0n) is 19.7. The number of likely N-dealkylation sites (N-methyl/N-ethyl adjacent to an activating group) is 1. The molecule has 2 saturated carbocycles. The Hall–Kier alpha value is -1.24. The van der Waals surface area contributed by atoms with Crippen molar-refractivity contribution in [2.45, 2.75) is 83.7 Å². The van der Waals surface area contributed by atoms with Crippen LogP contribution >= 0.6 is 0 Å². The largest absolute Gasteiger partial charge is 0.461 e. The Morgan fingerprint density at radius 2 is 1.93 bits per heavy atom. The van der Waals surface area contributed by atoms with Gasteiger partial charge in [0.1, 0.15) is 11.9 Å². The highest BCUT2D eigenvalue weighted by Crippen LogP contribution is 2.65. The molecule has 1 saturated heterocycles. The second-order valence-corrected chi connectivity index (χ2v) is 11.4. The topological polar surface area (TPSA) is 76.1 Å². The SMILES string of the molecule is C=C[C@@]1(C)CC(=O)[C@@H]2[C@@]3(C)C(OC(=O)CN(C)C)CCC(C)(C)[C@@H]3[C@H](O)C[C@@]2(C)O1. The maximum Gasteiger partial charge on any atom is 0.320 e. The van der Waals surface area contributed by atoms with E-state index in [2.05, 4.69) is 20.4 Å². The van der Waals surface area contributed by atoms with Gasteiger partial charge in [-0.2, -0.15) is 0 Å². The van der Waals surface area contributed by atoms with Crippen LogP contribution < -0.4 is 0 Å². The molecular formula is C24H39NO5. The summed E-state index contributed by atoms with van der Waals surface area (Å²) in [6, 6.07) is 0. The fraction of sp³-hybridized carbons (Fsp3) is 0.833. The van der Waals surface area contributed by atoms with Crippen LogP contribution in [0.4, 0.5) is 0 Å². The number of ketones is 1. The minimum Gasteiger partial charge on any atom is -0.461 e. The van der Waals surface area contributed by atoms with Crippen LogP contribution in [0, 0.1) is 22.7 Å². The Morgan fingerprint density at radius 1 is 1.30 bits per heavy atom. The zero-order valence-corrected chi connectivity index (χ0v) is 19.7. The number of esters is 1. The first-order chi connectivity index (χ1) is 13.7. The summed E-state index contributed by atoms with van der Waals surface area (Å²) >= 11 is 0. The van der Waals surface area contributed by atoms with Gasteiger partial charge in [0.05, 0.1) is 29.8 Å². The van der Waals surface area contributed by atoms with Gasteiger partial charge in [-0.15, -0.1) is 6.58 Å². The molecule has 2 aliphatic carbocycles. The summed E-state index contributed by atoms with van der Waals surface area (Å²) < 4.78 is 12.5. The lowest BCUT2D eigenvalue weighted by Crippen LogP contribution is -2.72. The Kier molecular flexibility index (Phi) is 5.79. The monoisotopic (exact) mass is 421 g/mol. The van der Waals surface area contributed by atoms with Crippen LogP contribution in [-0.4, -0.2) is 65.8 Å². The molecule has 3 rings (SSSR count). The van der Waals surface area contributed by atoms with Crippen LogP contribution in [0.25, 0.3) is 0 Å². The third-order valence-electron chi connectivity index (χ3n) is 7.95. The molecule has 0 aromatic carbocycles. The van der Waals surface area contributed by atoms with Crippen LogP contribution in [0.2, 0.25) is 0 Å². The number of aliphatic hydroxyl groups excluding tert-OH is 1. The fourth-order valence-electron chi connectivity index (χ4n) is 7.18. The molecule has 1 heterocycles. The lowest BCUT2D eigenvalue weighted by atomic mass is 9.42. The molecule has 1 unspecified atom stereocenters. The van der Waals surface area contributed by atoms with E-state index in [0.29, 0.717) is 12.8 Å². The second kappa shape index (κ2) is 7.42. The van der Waals surface area contributed by atoms with Gasteiger partial charge in [-0.25, -0.2) is 0 Å². The summed E-state index contributed by atoms with van der Waals surface area (Å²) in [4.78, 5) is 28.0. The molecule has 3 fully saturated rings. The first-order valence-electron chi connectivity index (χ1n) is 11.1. The number of nitrogens with zero attached hydrogens (tertiary/aromatic N) is 1. The van der Waals surface area contributed by atoms with Crippen molar-refractivity contribution in [2.24, 2.45) is 22.7 Å². The van der Waals surface area contributed by atoms with E-state index < -0.39 is 34.7 Å². The highest BCUT2D eigenvalue weighted by Gasteiger charge is 2.70. The van der Waals surface area contributed by atoms with Gasteiger partial charge in [0.2, 0.25) is 0 Å². The summed E-state index contributed by atoms with van der Waals surface area (Å²) in [5.41, 5.74) is -2.50. The second-order valence-electron chi connectivity index (χ2n) is 11.4. The predicted molar refractivity (Wildman–Crippen MR) is 115 cm³/mol. The van der Waals surface area contributed by atoms with E-state index in [1.54, 1.807) is 11.0 Å². The van der Waals surface area contributed by atoms with Crippen LogP contribution in [0.3, 0.4) is 0 Å². The van der Waals surface area contributed by atoms with Gasteiger partial charge in [0.15, 0.2) is 0 Å². The van der Waals surface area contributed by atoms with Gasteiger partial charge >= 0.3 is 5.97 Å². The molecule has 1 aliphatic heterocycles. The van der Waals surface area contributed by atoms with Gasteiger partial charge < -0.3 is 14.6 Å². The molecule has 0 aromatic rings. The van der Waals surface area contributed by atoms with E-state index in [0.717, 1.165) is 6.42 Å². The highest BCUT2D eigenvalue weighted by atomic mass is 16.5. The minimum atomic E-state index is -0.845. The summed E-state index contributed by atoms with van der Waals surface area (Å²) in [5, 5.41) is 11.4. The number of hydrogen-bond donors (Lipinski definition) is 1. The van der Waals surface area contributed by atoms with E-state index in [9.17, 15) is 14.7 Å². The van der Waals surface area contributed by atoms with Gasteiger partial charge in [-0.1, -0.05) is 26.8 Å². The lowest BCUT2D eigenvalue weighted by molar-refractivity contribution is -0.285. The van der Waals surface area contributed by atoms with Gasteiger partial charge in [-0.05, 0) is 52.1 Å². The molecule has 7 atom stereocenters. The standard InChI is InChI=1S/C24H39NO5/c1-9-22(4)12-15(26)20-23(5,30-22)13-16(27)19-21(2,3)11-10-17(24(19,20)6)29-18(28)14-25(7)8/h9,16-17,19-20,27H,1,10-14H2,2-8H3/t16-,17?,19+,20+,22+,23-,24+/m1/s1. The zero-order chi connectivity index (χ0) is 22.7. The number of ether oxygens (including phenoxy) is 2. The maximum atomic E-state index is 13.6. The number of carbonyl (C=O) groups excluding carboxylic acids is 2. The lowest BCUT2D eigenvalue weighted by Gasteiger charge is -2.66. The smallest absolute Gasteiger partial charge is 0.320 e. The summed E-state index contributed by atoms with van der Waals surface area (Å²) in [6.07, 6.45) is 2.72. The molecule has 0 amide bonds. The molecule has 30 heavy (non-hydrogen) atoms. The van der Waals surface area contributed by atoms with E-state index in [1.165, 1.54) is 0 Å². The van der Waals surface area contributed by atoms with Crippen molar-refractivity contribution in [3.63, 3.8) is 0 Å². The molecular weight excluding hydrogens is 382 g/mol. The molecule has 170 valence electrons. The number of Topliss-reactive ketones (excluding diaryl/α,β-unsaturated/α-hetero) is 1. The van der Waals surface area contributed by atoms with E-state index in [1.807, 2.05) is 34.9 Å². The Balaban J connectivity index is 2.08. The van der Waals surface area contributed by atoms with Crippen LogP contribution in [-0.2, 0) is 19.1 Å². The molecule has 6 heteroatoms. The van der Waals surface area contributed by atoms with Gasteiger partial charge in [0.25, 0.3) is 0 Å². The maximum absolute atomic E-state index is 13.6. The molecule has 0 aromatic heterocycles. The number of hydrogen-bond acceptors (Lipinski definition) is 6. The number of carbonyl (C=O) groups is 2. The summed E-state index contributed by atoms with van der Waals surface area (Å²) in [5.74, 6) is -0.818. The first kappa shape index (κ1) is 23.4. The Bertz CT molecular complexity index is 733. The molecule has 3 aliphatic rings. The summed E-state index contributed by atoms with van der Waals surface area (Å²) in [6.45, 7) is 14.2. The van der Waals surface area contributed by atoms with E-state index in [-0.39, 0.29) is 36.1 Å². The Morgan fingerprint density at radius 3 is 2.50 bits per heavy atom. The number of aliphatic hydroxyl groups is 1. The Labute approximate surface area is 181 Å². The number of fused-ring (bicyclic) bond motifs is 3. The molecule has 0 radical (unpaired) electrons. The first-order valence-corrected chi connectivity index (χ1v) is 11.1. The van der Waals surface area contributed by atoms with E-state index in [4.69, 9.17) is 9.47 Å². The minimum absolute atomic E-state index is 0.108. The average Bonchev–Trinajstić information content (AvgIpc) is 2.54. The molecule has 1 N–H and O–H groups in total. The molecule has 0 spiro atoms. The average molecular weight is 422 g/mol. The van der Waals surface area contributed by atoms with Gasteiger partial charge in [-0.3, -0.25) is 14.5 Å². The van der Waals surface area contributed by atoms with Crippen molar-refractivity contribution < 1.29 is 24.2 Å². The normalized spacial score (nSPS) is 45.4. The van der Waals surface area contributed by atoms with Crippen LogP contribution in [0.15, 0.2) is 12.7 Å². The van der Waals surface area contributed by atoms with Gasteiger partial charge in [0, 0.05) is 18.3 Å². The number of rotatable bonds is 4. The van der Waals surface area contributed by atoms with Crippen LogP contribution in [0.1, 0.15) is 60.3 Å². The van der Waals surface area contributed by atoms with Crippen molar-refractivity contribution in [3.05, 3.63) is 12.7 Å². The molecule has 0 bridgehead atoms. The van der Waals surface area contributed by atoms with Crippen LogP contribution in [0.5, 0.6) is 0 Å². The van der Waals surface area contributed by atoms with Crippen molar-refractivity contribution in [3.8, 4) is 0 Å². The quantitative estimate of drug-likeness (QED) is 0.556. The van der Waals surface area contributed by atoms with Crippen molar-refractivity contribution in [2.75, 3.05) is 20.6 Å². The molecule has 6 nitrogen and oxygen atoms in total. The van der Waals surface area contributed by atoms with E-state index >= 15 is 0 Å². The predicted octanol–water partition coefficient (Wildman–Crippen LogP) is 2.98.